The molecule has 0 spiro atoms. The molecule has 1 saturated heterocycles. The Morgan fingerprint density at radius 3 is 3.08 bits per heavy atom. The van der Waals surface area contributed by atoms with E-state index in [9.17, 15) is 5.26 Å². The van der Waals surface area contributed by atoms with Crippen molar-refractivity contribution >= 4 is 5.82 Å². The van der Waals surface area contributed by atoms with Crippen LogP contribution in [0.2, 0.25) is 0 Å². The number of hydrogen-bond acceptors (Lipinski definition) is 5. The molecule has 1 fully saturated rings. The summed E-state index contributed by atoms with van der Waals surface area (Å²) in [6, 6.07) is 4.32. The maximum absolute atomic E-state index is 9.48. The van der Waals surface area contributed by atoms with Crippen LogP contribution in [0.1, 0.15) is 47.8 Å². The maximum Gasteiger partial charge on any atom is 0.144 e. The van der Waals surface area contributed by atoms with Crippen LogP contribution in [0.25, 0.3) is 0 Å². The van der Waals surface area contributed by atoms with Gasteiger partial charge in [0.15, 0.2) is 0 Å². The SMILES string of the molecule is Cn1cc([C@@H]2OCC[C@H]2CNc2nc3c(cc2C#N)CCCC3)cn1. The second-order valence-corrected chi connectivity index (χ2v) is 6.98. The summed E-state index contributed by atoms with van der Waals surface area (Å²) in [5, 5.41) is 17.2. The summed E-state index contributed by atoms with van der Waals surface area (Å²) in [6.07, 6.45) is 9.38. The Morgan fingerprint density at radius 2 is 2.28 bits per heavy atom. The molecular formula is C19H23N5O. The number of nitriles is 1. The highest BCUT2D eigenvalue weighted by Crippen LogP contribution is 2.34. The maximum atomic E-state index is 9.48. The molecule has 0 amide bonds. The summed E-state index contributed by atoms with van der Waals surface area (Å²) >= 11 is 0. The van der Waals surface area contributed by atoms with Crippen molar-refractivity contribution in [3.8, 4) is 6.07 Å². The molecule has 0 unspecified atom stereocenters. The highest BCUT2D eigenvalue weighted by Gasteiger charge is 2.30. The molecule has 2 aromatic heterocycles. The molecule has 2 atom stereocenters. The minimum atomic E-state index is 0.0596. The van der Waals surface area contributed by atoms with E-state index in [1.807, 2.05) is 25.5 Å². The fourth-order valence-corrected chi connectivity index (χ4v) is 3.88. The van der Waals surface area contributed by atoms with E-state index in [1.54, 1.807) is 4.68 Å². The summed E-state index contributed by atoms with van der Waals surface area (Å²) in [5.41, 5.74) is 4.16. The van der Waals surface area contributed by atoms with Crippen molar-refractivity contribution in [1.29, 1.82) is 5.26 Å². The molecule has 130 valence electrons. The first kappa shape index (κ1) is 16.1. The molecule has 3 heterocycles. The van der Waals surface area contributed by atoms with Crippen LogP contribution in [0, 0.1) is 17.2 Å². The average molecular weight is 337 g/mol. The monoisotopic (exact) mass is 337 g/mol. The van der Waals surface area contributed by atoms with Gasteiger partial charge in [0.25, 0.3) is 0 Å². The van der Waals surface area contributed by atoms with Crippen LogP contribution in [-0.2, 0) is 24.6 Å². The number of fused-ring (bicyclic) bond motifs is 1. The van der Waals surface area contributed by atoms with Crippen LogP contribution >= 0.6 is 0 Å². The number of aromatic nitrogens is 3. The first-order valence-corrected chi connectivity index (χ1v) is 9.01. The van der Waals surface area contributed by atoms with E-state index in [-0.39, 0.29) is 6.10 Å². The Hall–Kier alpha value is -2.39. The summed E-state index contributed by atoms with van der Waals surface area (Å²) in [4.78, 5) is 4.76. The molecule has 2 aliphatic rings. The van der Waals surface area contributed by atoms with E-state index < -0.39 is 0 Å². The summed E-state index contributed by atoms with van der Waals surface area (Å²) in [5.74, 6) is 1.08. The third-order valence-corrected chi connectivity index (χ3v) is 5.22. The van der Waals surface area contributed by atoms with Gasteiger partial charge in [-0.1, -0.05) is 0 Å². The number of ether oxygens (including phenoxy) is 1. The Kier molecular flexibility index (Phi) is 4.41. The van der Waals surface area contributed by atoms with Crippen molar-refractivity contribution in [3.63, 3.8) is 0 Å². The van der Waals surface area contributed by atoms with Crippen LogP contribution in [0.4, 0.5) is 5.82 Å². The number of hydrogen-bond donors (Lipinski definition) is 1. The van der Waals surface area contributed by atoms with Gasteiger partial charge < -0.3 is 10.1 Å². The molecule has 4 rings (SSSR count). The summed E-state index contributed by atoms with van der Waals surface area (Å²) in [7, 11) is 1.92. The lowest BCUT2D eigenvalue weighted by Gasteiger charge is -2.20. The van der Waals surface area contributed by atoms with Crippen molar-refractivity contribution in [2.45, 2.75) is 38.2 Å². The van der Waals surface area contributed by atoms with Crippen molar-refractivity contribution in [3.05, 3.63) is 40.8 Å². The van der Waals surface area contributed by atoms with E-state index in [4.69, 9.17) is 9.72 Å². The second kappa shape index (κ2) is 6.85. The quantitative estimate of drug-likeness (QED) is 0.928. The van der Waals surface area contributed by atoms with Gasteiger partial charge in [-0.2, -0.15) is 10.4 Å². The Bertz CT molecular complexity index is 807. The number of pyridine rings is 1. The largest absolute Gasteiger partial charge is 0.373 e. The highest BCUT2D eigenvalue weighted by atomic mass is 16.5. The van der Waals surface area contributed by atoms with Gasteiger partial charge in [-0.3, -0.25) is 4.68 Å². The molecule has 1 N–H and O–H groups in total. The third-order valence-electron chi connectivity index (χ3n) is 5.22. The van der Waals surface area contributed by atoms with Crippen LogP contribution < -0.4 is 5.32 Å². The molecule has 6 nitrogen and oxygen atoms in total. The smallest absolute Gasteiger partial charge is 0.144 e. The fourth-order valence-electron chi connectivity index (χ4n) is 3.88. The third kappa shape index (κ3) is 3.24. The first-order chi connectivity index (χ1) is 12.2. The van der Waals surface area contributed by atoms with Crippen LogP contribution in [0.15, 0.2) is 18.5 Å². The minimum Gasteiger partial charge on any atom is -0.373 e. The molecule has 0 bridgehead atoms. The Labute approximate surface area is 147 Å². The predicted octanol–water partition coefficient (Wildman–Crippen LogP) is 2.76. The Balaban J connectivity index is 1.50. The first-order valence-electron chi connectivity index (χ1n) is 9.01. The number of rotatable bonds is 4. The standard InChI is InChI=1S/C19H23N5O/c1-24-12-16(11-22-24)18-14(6-7-25-18)10-21-19-15(9-20)8-13-4-2-3-5-17(13)23-19/h8,11-12,14,18H,2-7,10H2,1H3,(H,21,23)/t14-,18+/m0/s1. The zero-order valence-corrected chi connectivity index (χ0v) is 14.5. The van der Waals surface area contributed by atoms with Gasteiger partial charge in [0.2, 0.25) is 0 Å². The van der Waals surface area contributed by atoms with E-state index >= 15 is 0 Å². The zero-order valence-electron chi connectivity index (χ0n) is 14.5. The number of nitrogens with zero attached hydrogens (tertiary/aromatic N) is 4. The van der Waals surface area contributed by atoms with E-state index in [2.05, 4.69) is 16.5 Å². The van der Waals surface area contributed by atoms with Gasteiger partial charge in [0.05, 0.1) is 17.9 Å². The fraction of sp³-hybridized carbons (Fsp3) is 0.526. The van der Waals surface area contributed by atoms with Crippen LogP contribution in [0.5, 0.6) is 0 Å². The number of anilines is 1. The topological polar surface area (TPSA) is 75.8 Å². The average Bonchev–Trinajstić information content (AvgIpc) is 3.27. The molecule has 25 heavy (non-hydrogen) atoms. The van der Waals surface area contributed by atoms with Gasteiger partial charge in [-0.05, 0) is 43.7 Å². The molecule has 6 heteroatoms. The molecule has 1 aliphatic carbocycles. The van der Waals surface area contributed by atoms with Gasteiger partial charge in [-0.15, -0.1) is 0 Å². The minimum absolute atomic E-state index is 0.0596. The zero-order chi connectivity index (χ0) is 17.2. The lowest BCUT2D eigenvalue weighted by molar-refractivity contribution is 0.0932. The molecule has 2 aromatic rings. The van der Waals surface area contributed by atoms with E-state index in [1.165, 1.54) is 18.4 Å². The van der Waals surface area contributed by atoms with E-state index in [0.717, 1.165) is 49.5 Å². The lowest BCUT2D eigenvalue weighted by atomic mass is 9.94. The highest BCUT2D eigenvalue weighted by molar-refractivity contribution is 5.54. The van der Waals surface area contributed by atoms with Crippen molar-refractivity contribution in [1.82, 2.24) is 14.8 Å². The molecule has 0 aromatic carbocycles. The van der Waals surface area contributed by atoms with E-state index in [0.29, 0.717) is 11.5 Å². The molecule has 0 saturated carbocycles. The van der Waals surface area contributed by atoms with Gasteiger partial charge >= 0.3 is 0 Å². The summed E-state index contributed by atoms with van der Waals surface area (Å²) < 4.78 is 7.73. The van der Waals surface area contributed by atoms with Crippen LogP contribution in [-0.4, -0.2) is 27.9 Å². The molecule has 1 aliphatic heterocycles. The van der Waals surface area contributed by atoms with Gasteiger partial charge in [0, 0.05) is 43.6 Å². The van der Waals surface area contributed by atoms with Gasteiger partial charge in [0.1, 0.15) is 11.9 Å². The predicted molar refractivity (Wildman–Crippen MR) is 94.1 cm³/mol. The van der Waals surface area contributed by atoms with Gasteiger partial charge in [-0.25, -0.2) is 4.98 Å². The molecular weight excluding hydrogens is 314 g/mol. The number of aryl methyl sites for hydroxylation is 3. The lowest BCUT2D eigenvalue weighted by Crippen LogP contribution is -2.19. The van der Waals surface area contributed by atoms with Crippen molar-refractivity contribution < 1.29 is 4.74 Å². The normalized spacial score (nSPS) is 22.4. The second-order valence-electron chi connectivity index (χ2n) is 6.98. The van der Waals surface area contributed by atoms with Crippen molar-refractivity contribution in [2.75, 3.05) is 18.5 Å². The molecule has 0 radical (unpaired) electrons. The van der Waals surface area contributed by atoms with Crippen LogP contribution in [0.3, 0.4) is 0 Å². The number of nitrogens with one attached hydrogen (secondary N) is 1. The summed E-state index contributed by atoms with van der Waals surface area (Å²) in [6.45, 7) is 1.51. The van der Waals surface area contributed by atoms with Crippen molar-refractivity contribution in [2.24, 2.45) is 13.0 Å². The Morgan fingerprint density at radius 1 is 1.40 bits per heavy atom.